The van der Waals surface area contributed by atoms with Crippen molar-refractivity contribution in [3.63, 3.8) is 0 Å². The fourth-order valence-corrected chi connectivity index (χ4v) is 14.9. The summed E-state index contributed by atoms with van der Waals surface area (Å²) in [5.74, 6) is 0.381. The summed E-state index contributed by atoms with van der Waals surface area (Å²) in [5, 5.41) is 10.7. The number of esters is 4. The van der Waals surface area contributed by atoms with E-state index >= 15 is 0 Å². The highest BCUT2D eigenvalue weighted by atomic mass is 31.2. The molecule has 0 aliphatic rings. The van der Waals surface area contributed by atoms with Crippen LogP contribution in [0.2, 0.25) is 0 Å². The molecule has 0 aromatic rings. The number of carbonyl (C=O) groups excluding carboxylic acids is 4. The Hall–Kier alpha value is -1.94. The van der Waals surface area contributed by atoms with Crippen molar-refractivity contribution in [3.8, 4) is 0 Å². The Morgan fingerprint density at radius 2 is 0.486 bits per heavy atom. The predicted octanol–water partition coefficient (Wildman–Crippen LogP) is 26.1. The molecule has 0 radical (unpaired) electrons. The van der Waals surface area contributed by atoms with Gasteiger partial charge in [-0.2, -0.15) is 0 Å². The molecule has 4 unspecified atom stereocenters. The second-order valence-electron chi connectivity index (χ2n) is 31.9. The molecule has 0 saturated heterocycles. The Morgan fingerprint density at radius 1 is 0.276 bits per heavy atom. The molecule has 0 spiro atoms. The quantitative estimate of drug-likeness (QED) is 0.0222. The number of unbranched alkanes of at least 4 members (excludes halogenated alkanes) is 50. The number of hydrogen-bond donors (Lipinski definition) is 3. The molecule has 0 rings (SSSR count). The Labute approximate surface area is 645 Å². The van der Waals surface area contributed by atoms with Gasteiger partial charge in [0, 0.05) is 25.7 Å². The number of aliphatic hydroxyl groups excluding tert-OH is 1. The van der Waals surface area contributed by atoms with Crippen LogP contribution >= 0.6 is 15.6 Å². The molecular formula is C86H168O17P2. The van der Waals surface area contributed by atoms with Crippen molar-refractivity contribution < 1.29 is 80.2 Å². The van der Waals surface area contributed by atoms with Crippen molar-refractivity contribution in [2.75, 3.05) is 39.6 Å². The van der Waals surface area contributed by atoms with Gasteiger partial charge in [0.15, 0.2) is 12.2 Å². The molecule has 7 atom stereocenters. The van der Waals surface area contributed by atoms with Crippen molar-refractivity contribution >= 4 is 39.5 Å². The van der Waals surface area contributed by atoms with Gasteiger partial charge in [-0.25, -0.2) is 9.13 Å². The van der Waals surface area contributed by atoms with E-state index in [1.54, 1.807) is 0 Å². The van der Waals surface area contributed by atoms with Gasteiger partial charge in [0.25, 0.3) is 0 Å². The molecule has 105 heavy (non-hydrogen) atoms. The van der Waals surface area contributed by atoms with Crippen LogP contribution in [0.25, 0.3) is 0 Å². The first kappa shape index (κ1) is 103. The topological polar surface area (TPSA) is 237 Å². The van der Waals surface area contributed by atoms with Crippen LogP contribution in [0, 0.1) is 17.8 Å². The van der Waals surface area contributed by atoms with Gasteiger partial charge in [-0.05, 0) is 43.4 Å². The number of phosphoric ester groups is 2. The minimum absolute atomic E-state index is 0.108. The van der Waals surface area contributed by atoms with E-state index in [1.165, 1.54) is 263 Å². The third-order valence-corrected chi connectivity index (χ3v) is 22.8. The van der Waals surface area contributed by atoms with Crippen LogP contribution < -0.4 is 0 Å². The number of aliphatic hydroxyl groups is 1. The van der Waals surface area contributed by atoms with Gasteiger partial charge in [0.05, 0.1) is 26.4 Å². The van der Waals surface area contributed by atoms with Crippen molar-refractivity contribution in [1.82, 2.24) is 0 Å². The summed E-state index contributed by atoms with van der Waals surface area (Å²) in [6, 6.07) is 0. The summed E-state index contributed by atoms with van der Waals surface area (Å²) >= 11 is 0. The molecule has 17 nitrogen and oxygen atoms in total. The lowest BCUT2D eigenvalue weighted by molar-refractivity contribution is -0.161. The number of hydrogen-bond acceptors (Lipinski definition) is 15. The summed E-state index contributed by atoms with van der Waals surface area (Å²) in [7, 11) is -9.93. The number of phosphoric acid groups is 2. The second kappa shape index (κ2) is 76.1. The zero-order valence-corrected chi connectivity index (χ0v) is 71.0. The fourth-order valence-electron chi connectivity index (χ4n) is 13.3. The lowest BCUT2D eigenvalue weighted by Gasteiger charge is -2.21. The standard InChI is InChI=1S/C86H168O17P2/c1-8-11-12-13-14-15-16-22-32-39-46-53-60-67-83(88)96-73-81(103-86(91)70-63-56-49-42-35-28-21-23-29-36-43-50-57-64-77(4)5)75-100-104(92,93)98-71-80(87)72-99-105(94,95)101-76-82(102-85(90)69-62-55-48-41-34-27-20-18-25-31-38-45-52-59-66-79(7)10-3)74-97-84(89)68-61-54-47-40-33-26-19-17-24-30-37-44-51-58-65-78(6)9-2/h77-82,87H,8-76H2,1-7H3,(H,92,93)(H,94,95)/t78?,79?,80-,81+,82+/m0/s1. The number of rotatable bonds is 84. The van der Waals surface area contributed by atoms with E-state index in [2.05, 4.69) is 48.5 Å². The smallest absolute Gasteiger partial charge is 0.462 e. The first-order valence-corrected chi connectivity index (χ1v) is 47.4. The van der Waals surface area contributed by atoms with Gasteiger partial charge in [-0.15, -0.1) is 0 Å². The van der Waals surface area contributed by atoms with E-state index in [4.69, 9.17) is 37.0 Å². The van der Waals surface area contributed by atoms with Crippen LogP contribution in [0.5, 0.6) is 0 Å². The van der Waals surface area contributed by atoms with Gasteiger partial charge >= 0.3 is 39.5 Å². The van der Waals surface area contributed by atoms with Gasteiger partial charge in [0.1, 0.15) is 19.3 Å². The van der Waals surface area contributed by atoms with Gasteiger partial charge in [-0.1, -0.05) is 402 Å². The van der Waals surface area contributed by atoms with E-state index in [0.717, 1.165) is 108 Å². The molecule has 0 aromatic carbocycles. The SMILES string of the molecule is CCCCCCCCCCCCCCCC(=O)OC[C@H](COP(=O)(O)OC[C@H](O)COP(=O)(O)OC[C@@H](COC(=O)CCCCCCCCCCCCCCCCC(C)CC)OC(=O)CCCCCCCCCCCCCCCCC(C)CC)OC(=O)CCCCCCCCCCCCCCCC(C)C. The van der Waals surface area contributed by atoms with Crippen molar-refractivity contribution in [2.45, 2.75) is 471 Å². The van der Waals surface area contributed by atoms with Crippen LogP contribution in [-0.4, -0.2) is 96.7 Å². The number of ether oxygens (including phenoxy) is 4. The lowest BCUT2D eigenvalue weighted by atomic mass is 9.99. The van der Waals surface area contributed by atoms with E-state index in [9.17, 15) is 43.2 Å². The minimum atomic E-state index is -4.97. The molecule has 0 aliphatic heterocycles. The third-order valence-electron chi connectivity index (χ3n) is 20.9. The molecular weight excluding hydrogens is 1370 g/mol. The summed E-state index contributed by atoms with van der Waals surface area (Å²) < 4.78 is 69.0. The largest absolute Gasteiger partial charge is 0.472 e. The highest BCUT2D eigenvalue weighted by molar-refractivity contribution is 7.47. The maximum atomic E-state index is 13.1. The van der Waals surface area contributed by atoms with Crippen LogP contribution in [-0.2, 0) is 65.4 Å². The van der Waals surface area contributed by atoms with Crippen LogP contribution in [0.15, 0.2) is 0 Å². The van der Waals surface area contributed by atoms with E-state index in [1.807, 2.05) is 0 Å². The Morgan fingerprint density at radius 3 is 0.724 bits per heavy atom. The summed E-state index contributed by atoms with van der Waals surface area (Å²) in [5.41, 5.74) is 0. The fraction of sp³-hybridized carbons (Fsp3) is 0.953. The maximum Gasteiger partial charge on any atom is 0.472 e. The molecule has 0 aliphatic carbocycles. The maximum absolute atomic E-state index is 13.1. The normalized spacial score (nSPS) is 14.4. The van der Waals surface area contributed by atoms with Crippen molar-refractivity contribution in [3.05, 3.63) is 0 Å². The Bertz CT molecular complexity index is 2030. The summed E-state index contributed by atoms with van der Waals surface area (Å²) in [6.45, 7) is 12.1. The van der Waals surface area contributed by atoms with E-state index in [-0.39, 0.29) is 25.7 Å². The molecule has 0 heterocycles. The summed E-state index contributed by atoms with van der Waals surface area (Å²) in [4.78, 5) is 73.3. The molecule has 0 fully saturated rings. The highest BCUT2D eigenvalue weighted by Crippen LogP contribution is 2.45. The Kier molecular flexibility index (Phi) is 74.7. The zero-order chi connectivity index (χ0) is 77.2. The first-order chi connectivity index (χ1) is 50.8. The molecule has 624 valence electrons. The van der Waals surface area contributed by atoms with Crippen LogP contribution in [0.4, 0.5) is 0 Å². The lowest BCUT2D eigenvalue weighted by Crippen LogP contribution is -2.30. The van der Waals surface area contributed by atoms with Crippen LogP contribution in [0.3, 0.4) is 0 Å². The van der Waals surface area contributed by atoms with Gasteiger partial charge in [0.2, 0.25) is 0 Å². The number of carbonyl (C=O) groups is 4. The van der Waals surface area contributed by atoms with Crippen molar-refractivity contribution in [2.24, 2.45) is 17.8 Å². The Balaban J connectivity index is 5.28. The van der Waals surface area contributed by atoms with Gasteiger partial charge in [-0.3, -0.25) is 37.3 Å². The monoisotopic (exact) mass is 1540 g/mol. The van der Waals surface area contributed by atoms with E-state index < -0.39 is 97.5 Å². The summed E-state index contributed by atoms with van der Waals surface area (Å²) in [6.07, 6.45) is 66.3. The zero-order valence-electron chi connectivity index (χ0n) is 69.2. The molecule has 3 N–H and O–H groups in total. The average Bonchev–Trinajstić information content (AvgIpc) is 0.915. The predicted molar refractivity (Wildman–Crippen MR) is 432 cm³/mol. The molecule has 0 aromatic heterocycles. The third kappa shape index (κ3) is 77.2. The molecule has 0 bridgehead atoms. The molecule has 0 amide bonds. The average molecular weight is 1540 g/mol. The molecule has 0 saturated carbocycles. The van der Waals surface area contributed by atoms with E-state index in [0.29, 0.717) is 25.7 Å². The molecule has 19 heteroatoms. The van der Waals surface area contributed by atoms with Crippen molar-refractivity contribution in [1.29, 1.82) is 0 Å². The highest BCUT2D eigenvalue weighted by Gasteiger charge is 2.30. The first-order valence-electron chi connectivity index (χ1n) is 44.4. The minimum Gasteiger partial charge on any atom is -0.462 e. The second-order valence-corrected chi connectivity index (χ2v) is 34.8. The van der Waals surface area contributed by atoms with Gasteiger partial charge < -0.3 is 33.8 Å². The van der Waals surface area contributed by atoms with Crippen LogP contribution in [0.1, 0.15) is 453 Å².